The molecule has 1 amide bonds. The summed E-state index contributed by atoms with van der Waals surface area (Å²) in [7, 11) is 1.54. The number of Topliss-reactive ketones (excluding diaryl/α,β-unsaturated/α-hetero) is 1. The molecule has 11 heteroatoms. The summed E-state index contributed by atoms with van der Waals surface area (Å²) in [6, 6.07) is 23.2. The van der Waals surface area contributed by atoms with Crippen molar-refractivity contribution in [1.82, 2.24) is 5.27 Å². The van der Waals surface area contributed by atoms with E-state index < -0.39 is 11.7 Å². The Kier molecular flexibility index (Phi) is 7.38. The van der Waals surface area contributed by atoms with E-state index >= 15 is 0 Å². The van der Waals surface area contributed by atoms with Crippen molar-refractivity contribution in [3.63, 3.8) is 0 Å². The van der Waals surface area contributed by atoms with E-state index in [9.17, 15) is 14.7 Å². The maximum Gasteiger partial charge on any atom is 0.307 e. The Morgan fingerprint density at radius 1 is 1.13 bits per heavy atom. The molecule has 2 heterocycles. The predicted octanol–water partition coefficient (Wildman–Crippen LogP) is 4.16. The van der Waals surface area contributed by atoms with Gasteiger partial charge in [0.25, 0.3) is 5.91 Å². The van der Waals surface area contributed by atoms with Gasteiger partial charge in [0.05, 0.1) is 23.8 Å². The number of hydrogen-bond acceptors (Lipinski definition) is 8. The number of amides is 1. The number of carbonyl (C=O) groups is 2. The summed E-state index contributed by atoms with van der Waals surface area (Å²) in [4.78, 5) is 32.5. The summed E-state index contributed by atoms with van der Waals surface area (Å²) in [6.07, 6.45) is 1.69. The van der Waals surface area contributed by atoms with E-state index in [-0.39, 0.29) is 23.1 Å². The number of amidine groups is 1. The van der Waals surface area contributed by atoms with Crippen molar-refractivity contribution < 1.29 is 28.6 Å². The number of thioether (sulfide) groups is 1. The highest BCUT2D eigenvalue weighted by Gasteiger charge is 2.34. The highest BCUT2D eigenvalue weighted by Crippen LogP contribution is 2.30. The molecule has 0 saturated carbocycles. The molecule has 5 rings (SSSR count). The van der Waals surface area contributed by atoms with Gasteiger partial charge < -0.3 is 14.4 Å². The van der Waals surface area contributed by atoms with Gasteiger partial charge in [-0.05, 0) is 52.7 Å². The van der Waals surface area contributed by atoms with Gasteiger partial charge in [0, 0.05) is 16.6 Å². The number of ether oxygens (including phenoxy) is 1. The van der Waals surface area contributed by atoms with Gasteiger partial charge in [-0.3, -0.25) is 14.5 Å². The second kappa shape index (κ2) is 11.0. The fourth-order valence-corrected chi connectivity index (χ4v) is 5.02. The molecule has 0 atom stereocenters. The Bertz CT molecular complexity index is 1570. The van der Waals surface area contributed by atoms with Gasteiger partial charge in [-0.1, -0.05) is 58.0 Å². The maximum atomic E-state index is 13.4. The Hall–Kier alpha value is -4.22. The van der Waals surface area contributed by atoms with Gasteiger partial charge in [0.1, 0.15) is 11.4 Å². The molecule has 0 spiro atoms. The molecule has 0 N–H and O–H groups in total. The number of methoxy groups -OCH3 is 1. The van der Waals surface area contributed by atoms with E-state index in [2.05, 4.69) is 26.2 Å². The minimum absolute atomic E-state index is 0.174. The van der Waals surface area contributed by atoms with E-state index in [0.29, 0.717) is 22.3 Å². The lowest BCUT2D eigenvalue weighted by atomic mass is 10.2. The van der Waals surface area contributed by atoms with Crippen LogP contribution in [0.25, 0.3) is 11.8 Å². The van der Waals surface area contributed by atoms with E-state index in [0.717, 1.165) is 26.5 Å². The highest BCUT2D eigenvalue weighted by atomic mass is 79.9. The molecule has 3 aromatic carbocycles. The number of aromatic nitrogens is 2. The van der Waals surface area contributed by atoms with Crippen LogP contribution in [0.3, 0.4) is 0 Å². The van der Waals surface area contributed by atoms with Gasteiger partial charge in [-0.25, -0.2) is 4.99 Å². The fourth-order valence-electron chi connectivity index (χ4n) is 3.73. The van der Waals surface area contributed by atoms with Crippen LogP contribution in [0.1, 0.15) is 16.1 Å². The molecule has 1 aliphatic heterocycles. The summed E-state index contributed by atoms with van der Waals surface area (Å²) in [5, 5.41) is 16.4. The van der Waals surface area contributed by atoms with E-state index in [1.54, 1.807) is 42.5 Å². The van der Waals surface area contributed by atoms with Crippen LogP contribution in [0.4, 0.5) is 5.69 Å². The van der Waals surface area contributed by atoms with Crippen LogP contribution < -0.4 is 19.4 Å². The SMILES string of the molecule is COc1ccc(-[n+]2noc([O-])c2C(=O)CSC2=N/C(=C/c3cccc(Br)c3)C(=O)N2c2ccccc2)cc1. The zero-order valence-electron chi connectivity index (χ0n) is 19.9. The second-order valence-corrected chi connectivity index (χ2v) is 9.84. The van der Waals surface area contributed by atoms with Crippen molar-refractivity contribution in [2.45, 2.75) is 0 Å². The molecule has 0 bridgehead atoms. The third-order valence-electron chi connectivity index (χ3n) is 5.52. The smallest absolute Gasteiger partial charge is 0.307 e. The number of ketones is 1. The van der Waals surface area contributed by atoms with Crippen molar-refractivity contribution in [2.75, 3.05) is 17.8 Å². The number of rotatable bonds is 7. The third kappa shape index (κ3) is 5.24. The Morgan fingerprint density at radius 2 is 1.89 bits per heavy atom. The molecule has 0 saturated heterocycles. The standard InChI is InChI=1S/C27H19BrN4O5S/c1-36-21-12-10-20(11-13-21)32-24(26(35)37-30-32)23(33)16-38-27-29-22(15-17-6-5-7-18(28)14-17)25(34)31(27)19-8-3-2-4-9-19/h2-15H,16H2,1H3/b22-15+. The van der Waals surface area contributed by atoms with Crippen LogP contribution in [0.5, 0.6) is 11.7 Å². The number of aliphatic imine (C=N–C) groups is 1. The summed E-state index contributed by atoms with van der Waals surface area (Å²) in [6.45, 7) is 0. The topological polar surface area (TPSA) is 112 Å². The molecule has 0 radical (unpaired) electrons. The Morgan fingerprint density at radius 3 is 2.61 bits per heavy atom. The molecule has 0 aliphatic carbocycles. The maximum absolute atomic E-state index is 13.4. The second-order valence-electron chi connectivity index (χ2n) is 7.99. The number of nitrogens with zero attached hydrogens (tertiary/aromatic N) is 4. The predicted molar refractivity (Wildman–Crippen MR) is 144 cm³/mol. The highest BCUT2D eigenvalue weighted by molar-refractivity contribution is 9.10. The number of carbonyl (C=O) groups excluding carboxylic acids is 2. The summed E-state index contributed by atoms with van der Waals surface area (Å²) < 4.78 is 12.0. The largest absolute Gasteiger partial charge is 0.539 e. The monoisotopic (exact) mass is 590 g/mol. The molecule has 38 heavy (non-hydrogen) atoms. The Labute approximate surface area is 230 Å². The normalized spacial score (nSPS) is 14.2. The summed E-state index contributed by atoms with van der Waals surface area (Å²) >= 11 is 4.48. The van der Waals surface area contributed by atoms with Crippen LogP contribution in [0.2, 0.25) is 0 Å². The zero-order chi connectivity index (χ0) is 26.6. The van der Waals surface area contributed by atoms with Crippen LogP contribution in [0.15, 0.2) is 98.5 Å². The van der Waals surface area contributed by atoms with Crippen molar-refractivity contribution in [3.8, 4) is 17.4 Å². The molecule has 190 valence electrons. The van der Waals surface area contributed by atoms with Crippen molar-refractivity contribution in [1.29, 1.82) is 0 Å². The van der Waals surface area contributed by atoms with Gasteiger partial charge in [-0.2, -0.15) is 0 Å². The molecule has 4 aromatic rings. The zero-order valence-corrected chi connectivity index (χ0v) is 22.3. The van der Waals surface area contributed by atoms with Gasteiger partial charge in [0.15, 0.2) is 11.1 Å². The molecule has 0 unspecified atom stereocenters. The molecule has 1 aliphatic rings. The minimum Gasteiger partial charge on any atom is -0.539 e. The summed E-state index contributed by atoms with van der Waals surface area (Å²) in [5.41, 5.74) is 1.86. The average Bonchev–Trinajstić information content (AvgIpc) is 3.47. The third-order valence-corrected chi connectivity index (χ3v) is 6.95. The first kappa shape index (κ1) is 25.4. The lowest BCUT2D eigenvalue weighted by molar-refractivity contribution is -0.672. The van der Waals surface area contributed by atoms with Gasteiger partial charge >= 0.3 is 5.69 Å². The van der Waals surface area contributed by atoms with Gasteiger partial charge in [-0.15, -0.1) is 0 Å². The van der Waals surface area contributed by atoms with Gasteiger partial charge in [0.2, 0.25) is 11.5 Å². The number of para-hydroxylation sites is 1. The van der Waals surface area contributed by atoms with Crippen molar-refractivity contribution in [3.05, 3.63) is 100 Å². The van der Waals surface area contributed by atoms with Crippen LogP contribution in [-0.2, 0) is 4.79 Å². The number of benzene rings is 3. The molecular formula is C27H19BrN4O5S. The number of halogens is 1. The van der Waals surface area contributed by atoms with E-state index in [4.69, 9.17) is 9.26 Å². The first-order valence-electron chi connectivity index (χ1n) is 11.3. The average molecular weight is 591 g/mol. The lowest BCUT2D eigenvalue weighted by Crippen LogP contribution is -2.39. The quantitative estimate of drug-likeness (QED) is 0.180. The van der Waals surface area contributed by atoms with Crippen LogP contribution >= 0.6 is 27.7 Å². The number of hydrogen-bond donors (Lipinski definition) is 0. The summed E-state index contributed by atoms with van der Waals surface area (Å²) in [5.74, 6) is -1.27. The van der Waals surface area contributed by atoms with E-state index in [1.165, 1.54) is 12.0 Å². The first-order chi connectivity index (χ1) is 18.4. The first-order valence-corrected chi connectivity index (χ1v) is 13.1. The molecule has 0 fully saturated rings. The molecule has 1 aromatic heterocycles. The fraction of sp³-hybridized carbons (Fsp3) is 0.0741. The van der Waals surface area contributed by atoms with Crippen LogP contribution in [-0.4, -0.2) is 35.0 Å². The molecule has 9 nitrogen and oxygen atoms in total. The minimum atomic E-state index is -0.856. The Balaban J connectivity index is 1.43. The van der Waals surface area contributed by atoms with Crippen molar-refractivity contribution >= 4 is 56.3 Å². The van der Waals surface area contributed by atoms with Crippen molar-refractivity contribution in [2.24, 2.45) is 4.99 Å². The molecular weight excluding hydrogens is 572 g/mol. The van der Waals surface area contributed by atoms with E-state index in [1.807, 2.05) is 42.5 Å². The lowest BCUT2D eigenvalue weighted by Gasteiger charge is -2.17. The number of anilines is 1. The van der Waals surface area contributed by atoms with Crippen LogP contribution in [0, 0.1) is 0 Å².